The highest BCUT2D eigenvalue weighted by Gasteiger charge is 2.28. The number of hydrogen-bond donors (Lipinski definition) is 1. The van der Waals surface area contributed by atoms with Gasteiger partial charge in [-0.2, -0.15) is 0 Å². The Labute approximate surface area is 142 Å². The monoisotopic (exact) mass is 335 g/mol. The second-order valence-electron chi connectivity index (χ2n) is 6.47. The molecule has 0 radical (unpaired) electrons. The predicted octanol–water partition coefficient (Wildman–Crippen LogP) is 1.41. The molecule has 0 unspecified atom stereocenters. The van der Waals surface area contributed by atoms with E-state index in [1.54, 1.807) is 19.1 Å². The number of hydrogen-bond acceptors (Lipinski definition) is 3. The summed E-state index contributed by atoms with van der Waals surface area (Å²) in [6.45, 7) is 6.17. The van der Waals surface area contributed by atoms with E-state index in [1.807, 2.05) is 22.8 Å². The molecular weight excluding hydrogens is 309 g/mol. The Morgan fingerprint density at radius 1 is 1.17 bits per heavy atom. The van der Waals surface area contributed by atoms with Crippen LogP contribution in [-0.2, 0) is 16.0 Å². The molecule has 6 heteroatoms. The molecule has 1 aromatic carbocycles. The van der Waals surface area contributed by atoms with E-state index in [4.69, 9.17) is 5.73 Å². The summed E-state index contributed by atoms with van der Waals surface area (Å²) in [6, 6.07) is 6.38. The molecule has 2 atom stereocenters. The van der Waals surface area contributed by atoms with Gasteiger partial charge < -0.3 is 10.6 Å². The summed E-state index contributed by atoms with van der Waals surface area (Å²) in [5.74, 6) is -0.610. The molecule has 24 heavy (non-hydrogen) atoms. The number of primary amides is 1. The standard InChI is InChI=1S/C18H26FN3O2/c1-13(7-8-15-5-3-4-6-16(15)19)18(24)22-11-9-21(10-12-22)14(2)17(20)23/h3-6,13-14H,7-12H2,1-2H3,(H2,20,23)/t13-,14+/m0/s1. The third-order valence-corrected chi connectivity index (χ3v) is 4.81. The Morgan fingerprint density at radius 2 is 1.79 bits per heavy atom. The van der Waals surface area contributed by atoms with Gasteiger partial charge >= 0.3 is 0 Å². The van der Waals surface area contributed by atoms with Gasteiger partial charge in [0.1, 0.15) is 5.82 Å². The van der Waals surface area contributed by atoms with Crippen molar-refractivity contribution in [1.82, 2.24) is 9.80 Å². The number of piperazine rings is 1. The molecule has 0 aromatic heterocycles. The first-order valence-electron chi connectivity index (χ1n) is 8.45. The van der Waals surface area contributed by atoms with Crippen LogP contribution >= 0.6 is 0 Å². The van der Waals surface area contributed by atoms with E-state index in [0.717, 1.165) is 0 Å². The molecule has 132 valence electrons. The van der Waals surface area contributed by atoms with Crippen LogP contribution in [0.5, 0.6) is 0 Å². The minimum atomic E-state index is -0.340. The second kappa shape index (κ2) is 8.24. The molecule has 2 N–H and O–H groups in total. The Hall–Kier alpha value is -1.95. The molecule has 2 rings (SSSR count). The quantitative estimate of drug-likeness (QED) is 0.855. The zero-order chi connectivity index (χ0) is 17.7. The van der Waals surface area contributed by atoms with Gasteiger partial charge in [0.15, 0.2) is 0 Å². The van der Waals surface area contributed by atoms with Crippen molar-refractivity contribution in [3.05, 3.63) is 35.6 Å². The molecule has 1 aromatic rings. The van der Waals surface area contributed by atoms with E-state index < -0.39 is 0 Å². The number of carbonyl (C=O) groups excluding carboxylic acids is 2. The summed E-state index contributed by atoms with van der Waals surface area (Å²) in [7, 11) is 0. The first-order chi connectivity index (χ1) is 11.4. The van der Waals surface area contributed by atoms with Crippen LogP contribution in [0.3, 0.4) is 0 Å². The lowest BCUT2D eigenvalue weighted by atomic mass is 9.99. The van der Waals surface area contributed by atoms with Crippen molar-refractivity contribution in [2.45, 2.75) is 32.7 Å². The van der Waals surface area contributed by atoms with Crippen molar-refractivity contribution < 1.29 is 14.0 Å². The van der Waals surface area contributed by atoms with Gasteiger partial charge in [-0.05, 0) is 31.4 Å². The van der Waals surface area contributed by atoms with Crippen LogP contribution in [0.15, 0.2) is 24.3 Å². The number of benzene rings is 1. The first-order valence-corrected chi connectivity index (χ1v) is 8.45. The molecule has 1 heterocycles. The molecule has 0 aliphatic carbocycles. The Balaban J connectivity index is 1.82. The number of rotatable bonds is 6. The maximum atomic E-state index is 13.6. The van der Waals surface area contributed by atoms with Crippen LogP contribution in [0.2, 0.25) is 0 Å². The highest BCUT2D eigenvalue weighted by molar-refractivity contribution is 5.80. The van der Waals surface area contributed by atoms with Gasteiger partial charge in [0.05, 0.1) is 6.04 Å². The van der Waals surface area contributed by atoms with E-state index in [2.05, 4.69) is 0 Å². The van der Waals surface area contributed by atoms with E-state index in [1.165, 1.54) is 6.07 Å². The summed E-state index contributed by atoms with van der Waals surface area (Å²) >= 11 is 0. The predicted molar refractivity (Wildman–Crippen MR) is 90.7 cm³/mol. The molecule has 0 saturated carbocycles. The molecule has 1 fully saturated rings. The topological polar surface area (TPSA) is 66.6 Å². The minimum absolute atomic E-state index is 0.0951. The molecule has 5 nitrogen and oxygen atoms in total. The molecular formula is C18H26FN3O2. The number of nitrogens with two attached hydrogens (primary N) is 1. The fourth-order valence-electron chi connectivity index (χ4n) is 3.02. The summed E-state index contributed by atoms with van der Waals surface area (Å²) in [4.78, 5) is 27.6. The third kappa shape index (κ3) is 4.54. The lowest BCUT2D eigenvalue weighted by Crippen LogP contribution is -2.55. The summed E-state index contributed by atoms with van der Waals surface area (Å²) in [5.41, 5.74) is 5.97. The molecule has 0 spiro atoms. The number of halogens is 1. The fourth-order valence-corrected chi connectivity index (χ4v) is 3.02. The van der Waals surface area contributed by atoms with E-state index in [-0.39, 0.29) is 29.6 Å². The Morgan fingerprint density at radius 3 is 2.38 bits per heavy atom. The van der Waals surface area contributed by atoms with Gasteiger partial charge in [-0.3, -0.25) is 14.5 Å². The molecule has 1 aliphatic rings. The van der Waals surface area contributed by atoms with E-state index in [9.17, 15) is 14.0 Å². The van der Waals surface area contributed by atoms with Gasteiger partial charge in [-0.25, -0.2) is 4.39 Å². The number of amides is 2. The summed E-state index contributed by atoms with van der Waals surface area (Å²) in [6.07, 6.45) is 1.18. The lowest BCUT2D eigenvalue weighted by Gasteiger charge is -2.38. The van der Waals surface area contributed by atoms with E-state index >= 15 is 0 Å². The second-order valence-corrected chi connectivity index (χ2v) is 6.47. The van der Waals surface area contributed by atoms with Gasteiger partial charge in [-0.1, -0.05) is 25.1 Å². The Bertz CT molecular complexity index is 585. The fraction of sp³-hybridized carbons (Fsp3) is 0.556. The van der Waals surface area contributed by atoms with Crippen molar-refractivity contribution in [1.29, 1.82) is 0 Å². The summed E-state index contributed by atoms with van der Waals surface area (Å²) in [5, 5.41) is 0. The van der Waals surface area contributed by atoms with Crippen LogP contribution in [0.4, 0.5) is 4.39 Å². The maximum absolute atomic E-state index is 13.6. The van der Waals surface area contributed by atoms with Crippen LogP contribution in [0, 0.1) is 11.7 Å². The minimum Gasteiger partial charge on any atom is -0.368 e. The highest BCUT2D eigenvalue weighted by atomic mass is 19.1. The van der Waals surface area contributed by atoms with Crippen molar-refractivity contribution in [3.8, 4) is 0 Å². The number of aryl methyl sites for hydroxylation is 1. The first kappa shape index (κ1) is 18.4. The van der Waals surface area contributed by atoms with Crippen LogP contribution in [0.1, 0.15) is 25.8 Å². The SMILES string of the molecule is C[C@H](C(N)=O)N1CCN(C(=O)[C@@H](C)CCc2ccccc2F)CC1. The van der Waals surface area contributed by atoms with Gasteiger partial charge in [0, 0.05) is 32.1 Å². The average Bonchev–Trinajstić information content (AvgIpc) is 2.59. The average molecular weight is 335 g/mol. The molecule has 1 aliphatic heterocycles. The van der Waals surface area contributed by atoms with Crippen molar-refractivity contribution >= 4 is 11.8 Å². The van der Waals surface area contributed by atoms with Crippen molar-refractivity contribution in [2.75, 3.05) is 26.2 Å². The third-order valence-electron chi connectivity index (χ3n) is 4.81. The zero-order valence-electron chi connectivity index (χ0n) is 14.4. The maximum Gasteiger partial charge on any atom is 0.234 e. The summed E-state index contributed by atoms with van der Waals surface area (Å²) < 4.78 is 13.6. The number of nitrogens with zero attached hydrogens (tertiary/aromatic N) is 2. The number of carbonyl (C=O) groups is 2. The smallest absolute Gasteiger partial charge is 0.234 e. The largest absolute Gasteiger partial charge is 0.368 e. The zero-order valence-corrected chi connectivity index (χ0v) is 14.4. The molecule has 1 saturated heterocycles. The normalized spacial score (nSPS) is 18.2. The van der Waals surface area contributed by atoms with Gasteiger partial charge in [0.2, 0.25) is 11.8 Å². The lowest BCUT2D eigenvalue weighted by molar-refractivity contribution is -0.137. The highest BCUT2D eigenvalue weighted by Crippen LogP contribution is 2.16. The Kier molecular flexibility index (Phi) is 6.31. The van der Waals surface area contributed by atoms with Gasteiger partial charge in [-0.15, -0.1) is 0 Å². The van der Waals surface area contributed by atoms with Crippen LogP contribution in [0.25, 0.3) is 0 Å². The van der Waals surface area contributed by atoms with Gasteiger partial charge in [0.25, 0.3) is 0 Å². The van der Waals surface area contributed by atoms with Crippen LogP contribution < -0.4 is 5.73 Å². The van der Waals surface area contributed by atoms with Crippen molar-refractivity contribution in [3.63, 3.8) is 0 Å². The molecule has 0 bridgehead atoms. The van der Waals surface area contributed by atoms with Crippen molar-refractivity contribution in [2.24, 2.45) is 11.7 Å². The molecule has 2 amide bonds. The van der Waals surface area contributed by atoms with E-state index in [0.29, 0.717) is 44.6 Å². The van der Waals surface area contributed by atoms with Crippen LogP contribution in [-0.4, -0.2) is 53.8 Å².